The molecule has 4 rings (SSSR count). The molecule has 0 spiro atoms. The van der Waals surface area contributed by atoms with Gasteiger partial charge >= 0.3 is 12.1 Å². The second-order valence-electron chi connectivity index (χ2n) is 7.00. The van der Waals surface area contributed by atoms with Crippen LogP contribution in [0.25, 0.3) is 22.2 Å². The van der Waals surface area contributed by atoms with E-state index < -0.39 is 12.1 Å². The van der Waals surface area contributed by atoms with E-state index in [4.69, 9.17) is 9.90 Å². The first kappa shape index (κ1) is 22.9. The molecule has 3 aromatic heterocycles. The molecule has 0 radical (unpaired) electrons. The summed E-state index contributed by atoms with van der Waals surface area (Å²) in [4.78, 5) is 17.6. The summed E-state index contributed by atoms with van der Waals surface area (Å²) >= 11 is 0. The first-order chi connectivity index (χ1) is 15.1. The molecule has 0 aliphatic carbocycles. The van der Waals surface area contributed by atoms with Crippen LogP contribution in [0.3, 0.4) is 0 Å². The van der Waals surface area contributed by atoms with Crippen molar-refractivity contribution in [2.24, 2.45) is 0 Å². The van der Waals surface area contributed by atoms with Gasteiger partial charge in [0.15, 0.2) is 0 Å². The van der Waals surface area contributed by atoms with Gasteiger partial charge in [-0.1, -0.05) is 6.07 Å². The quantitative estimate of drug-likeness (QED) is 0.452. The van der Waals surface area contributed by atoms with Crippen molar-refractivity contribution in [3.05, 3.63) is 77.6 Å². The van der Waals surface area contributed by atoms with Gasteiger partial charge in [0, 0.05) is 24.2 Å². The lowest BCUT2D eigenvalue weighted by Crippen LogP contribution is -2.21. The van der Waals surface area contributed by atoms with Crippen LogP contribution >= 0.6 is 0 Å². The lowest BCUT2D eigenvalue weighted by atomic mass is 10.0. The van der Waals surface area contributed by atoms with E-state index in [9.17, 15) is 17.6 Å². The number of carboxylic acids is 1. The molecular weight excluding hydrogens is 428 g/mol. The Balaban J connectivity index is 0.000000360. The van der Waals surface area contributed by atoms with Gasteiger partial charge in [-0.3, -0.25) is 14.6 Å². The molecule has 1 N–H and O–H groups in total. The van der Waals surface area contributed by atoms with Crippen molar-refractivity contribution in [1.82, 2.24) is 19.7 Å². The Morgan fingerprint density at radius 1 is 1.03 bits per heavy atom. The van der Waals surface area contributed by atoms with Crippen LogP contribution in [0.15, 0.2) is 55.1 Å². The van der Waals surface area contributed by atoms with Crippen LogP contribution in [-0.2, 0) is 11.3 Å². The third kappa shape index (κ3) is 5.26. The number of carbonyl (C=O) groups is 1. The van der Waals surface area contributed by atoms with Gasteiger partial charge in [-0.25, -0.2) is 9.18 Å². The zero-order chi connectivity index (χ0) is 23.5. The van der Waals surface area contributed by atoms with Crippen LogP contribution in [-0.4, -0.2) is 37.0 Å². The van der Waals surface area contributed by atoms with Crippen molar-refractivity contribution in [3.63, 3.8) is 0 Å². The van der Waals surface area contributed by atoms with Gasteiger partial charge < -0.3 is 5.11 Å². The number of nitrogens with zero attached hydrogens (tertiary/aromatic N) is 4. The number of rotatable bonds is 3. The number of hydrogen-bond donors (Lipinski definition) is 1. The average molecular weight is 446 g/mol. The molecule has 0 bridgehead atoms. The number of aromatic nitrogens is 4. The molecule has 166 valence electrons. The Labute approximate surface area is 180 Å². The number of aliphatic carboxylic acids is 1. The van der Waals surface area contributed by atoms with Gasteiger partial charge in [0.25, 0.3) is 0 Å². The number of fused-ring (bicyclic) bond motifs is 1. The number of alkyl halides is 3. The molecule has 0 saturated heterocycles. The molecule has 0 saturated carbocycles. The summed E-state index contributed by atoms with van der Waals surface area (Å²) in [5, 5.41) is 11.6. The molecule has 0 atom stereocenters. The lowest BCUT2D eigenvalue weighted by molar-refractivity contribution is -0.192. The van der Waals surface area contributed by atoms with Crippen LogP contribution in [0.4, 0.5) is 17.6 Å². The first-order valence-corrected chi connectivity index (χ1v) is 9.34. The van der Waals surface area contributed by atoms with Crippen molar-refractivity contribution in [3.8, 4) is 11.1 Å². The molecular formula is C22H18F4N4O2. The van der Waals surface area contributed by atoms with Crippen molar-refractivity contribution >= 4 is 17.0 Å². The highest BCUT2D eigenvalue weighted by Gasteiger charge is 2.38. The zero-order valence-corrected chi connectivity index (χ0v) is 17.1. The molecule has 3 heterocycles. The maximum absolute atomic E-state index is 13.5. The van der Waals surface area contributed by atoms with E-state index in [0.29, 0.717) is 12.1 Å². The number of halogens is 4. The zero-order valence-electron chi connectivity index (χ0n) is 17.1. The Kier molecular flexibility index (Phi) is 6.52. The summed E-state index contributed by atoms with van der Waals surface area (Å²) in [5.41, 5.74) is 6.59. The van der Waals surface area contributed by atoms with Crippen LogP contribution < -0.4 is 0 Å². The summed E-state index contributed by atoms with van der Waals surface area (Å²) in [6.07, 6.45) is 2.14. The van der Waals surface area contributed by atoms with Gasteiger partial charge in [0.2, 0.25) is 0 Å². The van der Waals surface area contributed by atoms with Gasteiger partial charge in [0.1, 0.15) is 11.3 Å². The fraction of sp³-hybridized carbons (Fsp3) is 0.182. The summed E-state index contributed by atoms with van der Waals surface area (Å²) in [6, 6.07) is 9.15. The normalized spacial score (nSPS) is 11.2. The van der Waals surface area contributed by atoms with Crippen LogP contribution in [0, 0.1) is 19.7 Å². The molecule has 0 aliphatic heterocycles. The molecule has 32 heavy (non-hydrogen) atoms. The number of carboxylic acid groups (broad SMARTS) is 1. The third-order valence-electron chi connectivity index (χ3n) is 4.70. The molecule has 0 fully saturated rings. The van der Waals surface area contributed by atoms with Gasteiger partial charge in [0.05, 0.1) is 18.3 Å². The maximum Gasteiger partial charge on any atom is 0.490 e. The largest absolute Gasteiger partial charge is 0.490 e. The van der Waals surface area contributed by atoms with Crippen molar-refractivity contribution in [2.75, 3.05) is 0 Å². The Morgan fingerprint density at radius 3 is 2.38 bits per heavy atom. The van der Waals surface area contributed by atoms with Gasteiger partial charge in [-0.15, -0.1) is 0 Å². The fourth-order valence-corrected chi connectivity index (χ4v) is 2.89. The van der Waals surface area contributed by atoms with Gasteiger partial charge in [-0.2, -0.15) is 18.3 Å². The highest BCUT2D eigenvalue weighted by Crippen LogP contribution is 2.25. The topological polar surface area (TPSA) is 80.9 Å². The Bertz CT molecular complexity index is 1270. The van der Waals surface area contributed by atoms with E-state index >= 15 is 0 Å². The molecule has 0 unspecified atom stereocenters. The smallest absolute Gasteiger partial charge is 0.475 e. The second kappa shape index (κ2) is 9.13. The number of hydrogen-bond acceptors (Lipinski definition) is 4. The van der Waals surface area contributed by atoms with Crippen molar-refractivity contribution < 1.29 is 27.5 Å². The molecule has 6 nitrogen and oxygen atoms in total. The van der Waals surface area contributed by atoms with E-state index in [1.807, 2.05) is 29.1 Å². The molecule has 0 aliphatic rings. The van der Waals surface area contributed by atoms with Crippen molar-refractivity contribution in [2.45, 2.75) is 26.6 Å². The van der Waals surface area contributed by atoms with Gasteiger partial charge in [-0.05, 0) is 60.4 Å². The minimum atomic E-state index is -5.08. The minimum Gasteiger partial charge on any atom is -0.475 e. The summed E-state index contributed by atoms with van der Waals surface area (Å²) in [6.45, 7) is 4.46. The van der Waals surface area contributed by atoms with E-state index in [-0.39, 0.29) is 5.82 Å². The van der Waals surface area contributed by atoms with Crippen molar-refractivity contribution in [1.29, 1.82) is 0 Å². The molecule has 4 aromatic rings. The maximum atomic E-state index is 13.5. The minimum absolute atomic E-state index is 0.199. The highest BCUT2D eigenvalue weighted by atomic mass is 19.4. The SMILES string of the molecule is Cc1cc(-c2cnc3cnn(Cc4cnccc4C)c3c2)ccc1F.O=C(O)C(F)(F)F. The fourth-order valence-electron chi connectivity index (χ4n) is 2.89. The van der Waals surface area contributed by atoms with E-state index in [2.05, 4.69) is 22.0 Å². The van der Waals surface area contributed by atoms with Crippen LogP contribution in [0.2, 0.25) is 0 Å². The van der Waals surface area contributed by atoms with Crippen LogP contribution in [0.5, 0.6) is 0 Å². The molecule has 10 heteroatoms. The highest BCUT2D eigenvalue weighted by molar-refractivity contribution is 5.80. The molecule has 1 aromatic carbocycles. The van der Waals surface area contributed by atoms with Crippen LogP contribution in [0.1, 0.15) is 16.7 Å². The van der Waals surface area contributed by atoms with E-state index in [0.717, 1.165) is 27.7 Å². The summed E-state index contributed by atoms with van der Waals surface area (Å²) in [7, 11) is 0. The number of pyridine rings is 2. The van der Waals surface area contributed by atoms with E-state index in [1.54, 1.807) is 31.6 Å². The number of benzene rings is 1. The Morgan fingerprint density at radius 2 is 1.75 bits per heavy atom. The Hall–Kier alpha value is -3.82. The lowest BCUT2D eigenvalue weighted by Gasteiger charge is -2.08. The monoisotopic (exact) mass is 446 g/mol. The number of aryl methyl sites for hydroxylation is 2. The summed E-state index contributed by atoms with van der Waals surface area (Å²) < 4.78 is 47.2. The molecule has 0 amide bonds. The predicted molar refractivity (Wildman–Crippen MR) is 109 cm³/mol. The van der Waals surface area contributed by atoms with E-state index in [1.165, 1.54) is 11.6 Å². The third-order valence-corrected chi connectivity index (χ3v) is 4.70. The standard InChI is InChI=1S/C20H17FN4.C2HF3O2/c1-13-5-6-22-9-17(13)12-25-20-8-16(10-23-19(20)11-24-25)15-3-4-18(21)14(2)7-15;3-2(4,5)1(6)7/h3-11H,12H2,1-2H3;(H,6,7). The summed E-state index contributed by atoms with van der Waals surface area (Å²) in [5.74, 6) is -2.96. The second-order valence-corrected chi connectivity index (χ2v) is 7.00. The predicted octanol–water partition coefficient (Wildman–Crippen LogP) is 4.93. The first-order valence-electron chi connectivity index (χ1n) is 9.34. The average Bonchev–Trinajstić information content (AvgIpc) is 3.13.